The van der Waals surface area contributed by atoms with Crippen LogP contribution in [0, 0.1) is 23.0 Å². The highest BCUT2D eigenvalue weighted by atomic mass is 19.2. The summed E-state index contributed by atoms with van der Waals surface area (Å²) < 4.78 is 26.3. The lowest BCUT2D eigenvalue weighted by atomic mass is 10.1. The largest absolute Gasteiger partial charge is 0.336 e. The van der Waals surface area contributed by atoms with E-state index in [4.69, 9.17) is 0 Å². The van der Waals surface area contributed by atoms with Crippen LogP contribution in [0.3, 0.4) is 0 Å². The number of hydrogen-bond acceptors (Lipinski definition) is 3. The predicted molar refractivity (Wildman–Crippen MR) is 88.6 cm³/mol. The van der Waals surface area contributed by atoms with Gasteiger partial charge >= 0.3 is 0 Å². The van der Waals surface area contributed by atoms with Gasteiger partial charge < -0.3 is 4.90 Å². The zero-order valence-corrected chi connectivity index (χ0v) is 13.5. The Morgan fingerprint density at radius 2 is 1.68 bits per heavy atom. The van der Waals surface area contributed by atoms with Gasteiger partial charge in [-0.15, -0.1) is 0 Å². The van der Waals surface area contributed by atoms with E-state index in [0.29, 0.717) is 26.2 Å². The molecule has 0 bridgehead atoms. The fourth-order valence-electron chi connectivity index (χ4n) is 3.00. The molecule has 1 heterocycles. The quantitative estimate of drug-likeness (QED) is 0.862. The highest BCUT2D eigenvalue weighted by molar-refractivity contribution is 5.94. The number of rotatable bonds is 3. The molecule has 1 amide bonds. The van der Waals surface area contributed by atoms with Crippen molar-refractivity contribution in [3.8, 4) is 6.07 Å². The Hall–Kier alpha value is -2.78. The Morgan fingerprint density at radius 3 is 2.28 bits per heavy atom. The molecule has 6 heteroatoms. The number of halogens is 2. The van der Waals surface area contributed by atoms with Crippen LogP contribution in [-0.4, -0.2) is 41.9 Å². The number of piperazine rings is 1. The van der Waals surface area contributed by atoms with Crippen LogP contribution in [0.1, 0.15) is 22.0 Å². The smallest absolute Gasteiger partial charge is 0.254 e. The van der Waals surface area contributed by atoms with Gasteiger partial charge in [0.05, 0.1) is 6.07 Å². The van der Waals surface area contributed by atoms with E-state index >= 15 is 0 Å². The molecule has 0 radical (unpaired) electrons. The van der Waals surface area contributed by atoms with Gasteiger partial charge in [-0.3, -0.25) is 9.69 Å². The lowest BCUT2D eigenvalue weighted by molar-refractivity contribution is 0.0606. The van der Waals surface area contributed by atoms with E-state index in [2.05, 4.69) is 6.07 Å². The van der Waals surface area contributed by atoms with Crippen LogP contribution < -0.4 is 0 Å². The molecule has 0 unspecified atom stereocenters. The summed E-state index contributed by atoms with van der Waals surface area (Å²) in [5.41, 5.74) is 1.05. The maximum absolute atomic E-state index is 13.3. The lowest BCUT2D eigenvalue weighted by Gasteiger charge is -2.37. The zero-order valence-electron chi connectivity index (χ0n) is 13.5. The van der Waals surface area contributed by atoms with E-state index in [1.165, 1.54) is 6.07 Å². The Kier molecular flexibility index (Phi) is 5.05. The summed E-state index contributed by atoms with van der Waals surface area (Å²) in [6.45, 7) is 1.96. The van der Waals surface area contributed by atoms with Crippen LogP contribution in [-0.2, 0) is 0 Å². The van der Waals surface area contributed by atoms with Gasteiger partial charge in [-0.25, -0.2) is 8.78 Å². The first-order chi connectivity index (χ1) is 12.1. The van der Waals surface area contributed by atoms with Crippen LogP contribution in [0.15, 0.2) is 48.5 Å². The van der Waals surface area contributed by atoms with Crippen molar-refractivity contribution >= 4 is 5.91 Å². The summed E-state index contributed by atoms with van der Waals surface area (Å²) in [6, 6.07) is 14.6. The second kappa shape index (κ2) is 7.41. The van der Waals surface area contributed by atoms with Crippen LogP contribution in [0.2, 0.25) is 0 Å². The van der Waals surface area contributed by atoms with Crippen LogP contribution in [0.5, 0.6) is 0 Å². The first-order valence-corrected chi connectivity index (χ1v) is 8.03. The fourth-order valence-corrected chi connectivity index (χ4v) is 3.00. The van der Waals surface area contributed by atoms with Crippen molar-refractivity contribution < 1.29 is 13.6 Å². The molecule has 25 heavy (non-hydrogen) atoms. The summed E-state index contributed by atoms with van der Waals surface area (Å²) in [7, 11) is 0. The number of amides is 1. The first kappa shape index (κ1) is 17.1. The van der Waals surface area contributed by atoms with Crippen molar-refractivity contribution in [1.82, 2.24) is 9.80 Å². The third kappa shape index (κ3) is 3.67. The summed E-state index contributed by atoms with van der Waals surface area (Å²) >= 11 is 0. The average molecular weight is 341 g/mol. The summed E-state index contributed by atoms with van der Waals surface area (Å²) in [4.78, 5) is 16.1. The number of hydrogen-bond donors (Lipinski definition) is 0. The molecule has 1 aliphatic heterocycles. The third-order valence-corrected chi connectivity index (χ3v) is 4.37. The molecule has 0 saturated carbocycles. The number of nitrogens with zero attached hydrogens (tertiary/aromatic N) is 3. The van der Waals surface area contributed by atoms with Gasteiger partial charge in [0, 0.05) is 31.7 Å². The fraction of sp³-hybridized carbons (Fsp3) is 0.263. The maximum atomic E-state index is 13.3. The summed E-state index contributed by atoms with van der Waals surface area (Å²) in [5, 5.41) is 9.49. The van der Waals surface area contributed by atoms with Gasteiger partial charge in [0.25, 0.3) is 5.91 Å². The minimum Gasteiger partial charge on any atom is -0.336 e. The third-order valence-electron chi connectivity index (χ3n) is 4.37. The standard InChI is InChI=1S/C19H17F2N3O/c20-16-7-6-15(12-17(16)21)19(25)24-10-8-23(9-11-24)18(13-22)14-4-2-1-3-5-14/h1-7,12,18H,8-11H2/t18-/m1/s1. The Bertz CT molecular complexity index is 796. The van der Waals surface area contributed by atoms with E-state index < -0.39 is 11.6 Å². The second-order valence-electron chi connectivity index (χ2n) is 5.90. The molecule has 1 atom stereocenters. The first-order valence-electron chi connectivity index (χ1n) is 8.03. The summed E-state index contributed by atoms with van der Waals surface area (Å²) in [5.74, 6) is -2.33. The van der Waals surface area contributed by atoms with Crippen molar-refractivity contribution in [2.45, 2.75) is 6.04 Å². The SMILES string of the molecule is N#C[C@H](c1ccccc1)N1CCN(C(=O)c2ccc(F)c(F)c2)CC1. The van der Waals surface area contributed by atoms with Crippen molar-refractivity contribution in [2.75, 3.05) is 26.2 Å². The van der Waals surface area contributed by atoms with Crippen molar-refractivity contribution in [1.29, 1.82) is 5.26 Å². The number of nitriles is 1. The molecule has 2 aromatic carbocycles. The number of carbonyl (C=O) groups is 1. The predicted octanol–water partition coefficient (Wildman–Crippen LogP) is 2.99. The van der Waals surface area contributed by atoms with Crippen LogP contribution in [0.25, 0.3) is 0 Å². The van der Waals surface area contributed by atoms with E-state index in [9.17, 15) is 18.8 Å². The topological polar surface area (TPSA) is 47.3 Å². The second-order valence-corrected chi connectivity index (χ2v) is 5.90. The molecule has 0 aliphatic carbocycles. The highest BCUT2D eigenvalue weighted by Gasteiger charge is 2.27. The zero-order chi connectivity index (χ0) is 17.8. The van der Waals surface area contributed by atoms with Crippen molar-refractivity contribution in [2.24, 2.45) is 0 Å². The molecule has 3 rings (SSSR count). The monoisotopic (exact) mass is 341 g/mol. The molecular formula is C19H17F2N3O. The van der Waals surface area contributed by atoms with Gasteiger partial charge in [-0.1, -0.05) is 30.3 Å². The number of carbonyl (C=O) groups excluding carboxylic acids is 1. The van der Waals surface area contributed by atoms with E-state index in [1.54, 1.807) is 4.90 Å². The Morgan fingerprint density at radius 1 is 1.00 bits per heavy atom. The molecule has 0 spiro atoms. The molecule has 2 aromatic rings. The van der Waals surface area contributed by atoms with Gasteiger partial charge in [0.2, 0.25) is 0 Å². The van der Waals surface area contributed by atoms with E-state index in [0.717, 1.165) is 17.7 Å². The van der Waals surface area contributed by atoms with E-state index in [-0.39, 0.29) is 17.5 Å². The Balaban J connectivity index is 1.66. The normalized spacial score (nSPS) is 16.3. The van der Waals surface area contributed by atoms with Crippen LogP contribution >= 0.6 is 0 Å². The van der Waals surface area contributed by atoms with Gasteiger partial charge in [-0.05, 0) is 23.8 Å². The Labute approximate surface area is 144 Å². The minimum atomic E-state index is -1.03. The van der Waals surface area contributed by atoms with Crippen molar-refractivity contribution in [3.05, 3.63) is 71.3 Å². The molecule has 4 nitrogen and oxygen atoms in total. The molecule has 1 fully saturated rings. The molecule has 0 aromatic heterocycles. The maximum Gasteiger partial charge on any atom is 0.254 e. The minimum absolute atomic E-state index is 0.132. The molecule has 1 aliphatic rings. The van der Waals surface area contributed by atoms with Crippen molar-refractivity contribution in [3.63, 3.8) is 0 Å². The van der Waals surface area contributed by atoms with Gasteiger partial charge in [-0.2, -0.15) is 5.26 Å². The molecular weight excluding hydrogens is 324 g/mol. The molecule has 0 N–H and O–H groups in total. The van der Waals surface area contributed by atoms with Gasteiger partial charge in [0.1, 0.15) is 6.04 Å². The molecule has 128 valence electrons. The number of benzene rings is 2. The highest BCUT2D eigenvalue weighted by Crippen LogP contribution is 2.22. The average Bonchev–Trinajstić information content (AvgIpc) is 2.65. The van der Waals surface area contributed by atoms with Crippen LogP contribution in [0.4, 0.5) is 8.78 Å². The molecule has 1 saturated heterocycles. The van der Waals surface area contributed by atoms with E-state index in [1.807, 2.05) is 35.2 Å². The summed E-state index contributed by atoms with van der Waals surface area (Å²) in [6.07, 6.45) is 0. The van der Waals surface area contributed by atoms with Gasteiger partial charge in [0.15, 0.2) is 11.6 Å². The lowest BCUT2D eigenvalue weighted by Crippen LogP contribution is -2.49.